The Kier molecular flexibility index (Phi) is 3.12. The van der Waals surface area contributed by atoms with Crippen molar-refractivity contribution >= 4 is 29.1 Å². The summed E-state index contributed by atoms with van der Waals surface area (Å²) in [6.07, 6.45) is 0. The van der Waals surface area contributed by atoms with Crippen LogP contribution in [-0.4, -0.2) is 9.78 Å². The van der Waals surface area contributed by atoms with Crippen molar-refractivity contribution in [3.8, 4) is 0 Å². The Morgan fingerprint density at radius 2 is 2.19 bits per heavy atom. The molecule has 1 aromatic heterocycles. The molecular weight excluding hydrogens is 242 g/mol. The molecule has 0 fully saturated rings. The fraction of sp³-hybridized carbons (Fsp3) is 0.182. The monoisotopic (exact) mass is 253 g/mol. The van der Waals surface area contributed by atoms with Gasteiger partial charge in [0.15, 0.2) is 0 Å². The quantitative estimate of drug-likeness (QED) is 0.894. The summed E-state index contributed by atoms with van der Waals surface area (Å²) in [6.45, 7) is 1.90. The van der Waals surface area contributed by atoms with Gasteiger partial charge in [-0.2, -0.15) is 5.10 Å². The molecule has 16 heavy (non-hydrogen) atoms. The van der Waals surface area contributed by atoms with Crippen LogP contribution in [-0.2, 0) is 7.05 Å². The number of hydrogen-bond donors (Lipinski definition) is 1. The van der Waals surface area contributed by atoms with Gasteiger partial charge in [-0.15, -0.1) is 0 Å². The maximum atomic E-state index is 5.95. The first-order chi connectivity index (χ1) is 7.58. The highest BCUT2D eigenvalue weighted by molar-refractivity contribution is 7.99. The number of anilines is 1. The normalized spacial score (nSPS) is 10.7. The standard InChI is InChI=1S/C11H12ClN3S/c1-7-10(13)11(15(2)14-7)16-9-5-3-4-8(12)6-9/h3-6H,13H2,1-2H3. The first kappa shape index (κ1) is 11.4. The molecule has 0 radical (unpaired) electrons. The maximum Gasteiger partial charge on any atom is 0.122 e. The van der Waals surface area contributed by atoms with Crippen LogP contribution in [0, 0.1) is 6.92 Å². The second-order valence-electron chi connectivity index (χ2n) is 3.49. The molecule has 1 heterocycles. The summed E-state index contributed by atoms with van der Waals surface area (Å²) in [5, 5.41) is 5.94. The summed E-state index contributed by atoms with van der Waals surface area (Å²) in [4.78, 5) is 1.06. The van der Waals surface area contributed by atoms with E-state index in [-0.39, 0.29) is 0 Å². The fourth-order valence-corrected chi connectivity index (χ4v) is 2.66. The molecule has 5 heteroatoms. The highest BCUT2D eigenvalue weighted by Gasteiger charge is 2.11. The van der Waals surface area contributed by atoms with Gasteiger partial charge in [0.1, 0.15) is 5.03 Å². The zero-order valence-electron chi connectivity index (χ0n) is 9.07. The lowest BCUT2D eigenvalue weighted by Gasteiger charge is -2.03. The van der Waals surface area contributed by atoms with Crippen molar-refractivity contribution in [2.24, 2.45) is 7.05 Å². The van der Waals surface area contributed by atoms with E-state index in [2.05, 4.69) is 5.10 Å². The molecule has 3 nitrogen and oxygen atoms in total. The molecule has 0 atom stereocenters. The highest BCUT2D eigenvalue weighted by Crippen LogP contribution is 2.33. The summed E-state index contributed by atoms with van der Waals surface area (Å²) in [7, 11) is 1.89. The molecule has 2 N–H and O–H groups in total. The second kappa shape index (κ2) is 4.39. The predicted molar refractivity (Wildman–Crippen MR) is 67.9 cm³/mol. The van der Waals surface area contributed by atoms with Gasteiger partial charge in [-0.3, -0.25) is 4.68 Å². The van der Waals surface area contributed by atoms with Crippen LogP contribution in [0.3, 0.4) is 0 Å². The van der Waals surface area contributed by atoms with Crippen molar-refractivity contribution in [3.05, 3.63) is 35.0 Å². The summed E-state index contributed by atoms with van der Waals surface area (Å²) in [5.41, 5.74) is 7.54. The highest BCUT2D eigenvalue weighted by atomic mass is 35.5. The maximum absolute atomic E-state index is 5.95. The van der Waals surface area contributed by atoms with Crippen LogP contribution in [0.2, 0.25) is 5.02 Å². The third-order valence-electron chi connectivity index (χ3n) is 2.22. The SMILES string of the molecule is Cc1nn(C)c(Sc2cccc(Cl)c2)c1N. The first-order valence-electron chi connectivity index (χ1n) is 4.80. The van der Waals surface area contributed by atoms with E-state index in [1.807, 2.05) is 38.2 Å². The van der Waals surface area contributed by atoms with Crippen molar-refractivity contribution in [1.29, 1.82) is 0 Å². The summed E-state index contributed by atoms with van der Waals surface area (Å²) >= 11 is 7.50. The number of hydrogen-bond acceptors (Lipinski definition) is 3. The van der Waals surface area contributed by atoms with Crippen molar-refractivity contribution in [1.82, 2.24) is 9.78 Å². The third-order valence-corrected chi connectivity index (χ3v) is 3.63. The van der Waals surface area contributed by atoms with Crippen LogP contribution in [0.1, 0.15) is 5.69 Å². The van der Waals surface area contributed by atoms with E-state index in [4.69, 9.17) is 17.3 Å². The van der Waals surface area contributed by atoms with E-state index >= 15 is 0 Å². The Morgan fingerprint density at radius 3 is 2.75 bits per heavy atom. The van der Waals surface area contributed by atoms with Crippen LogP contribution in [0.25, 0.3) is 0 Å². The lowest BCUT2D eigenvalue weighted by molar-refractivity contribution is 0.693. The molecule has 0 saturated carbocycles. The average molecular weight is 254 g/mol. The average Bonchev–Trinajstić information content (AvgIpc) is 2.45. The molecule has 2 rings (SSSR count). The minimum absolute atomic E-state index is 0.725. The van der Waals surface area contributed by atoms with Gasteiger partial charge >= 0.3 is 0 Å². The minimum atomic E-state index is 0.725. The topological polar surface area (TPSA) is 43.8 Å². The molecule has 2 aromatic rings. The van der Waals surface area contributed by atoms with E-state index in [1.54, 1.807) is 16.4 Å². The van der Waals surface area contributed by atoms with Gasteiger partial charge in [-0.25, -0.2) is 0 Å². The van der Waals surface area contributed by atoms with E-state index in [9.17, 15) is 0 Å². The smallest absolute Gasteiger partial charge is 0.122 e. The van der Waals surface area contributed by atoms with Crippen LogP contribution in [0.4, 0.5) is 5.69 Å². The number of nitrogens with zero attached hydrogens (tertiary/aromatic N) is 2. The van der Waals surface area contributed by atoms with Crippen molar-refractivity contribution < 1.29 is 0 Å². The largest absolute Gasteiger partial charge is 0.395 e. The zero-order valence-corrected chi connectivity index (χ0v) is 10.6. The molecular formula is C11H12ClN3S. The van der Waals surface area contributed by atoms with Gasteiger partial charge in [0.25, 0.3) is 0 Å². The molecule has 0 aliphatic rings. The Balaban J connectivity index is 2.34. The number of aromatic nitrogens is 2. The number of aryl methyl sites for hydroxylation is 2. The molecule has 0 bridgehead atoms. The Bertz CT molecular complexity index is 522. The van der Waals surface area contributed by atoms with Crippen molar-refractivity contribution in [2.75, 3.05) is 5.73 Å². The van der Waals surface area contributed by atoms with Gasteiger partial charge in [0.2, 0.25) is 0 Å². The Morgan fingerprint density at radius 1 is 1.44 bits per heavy atom. The van der Waals surface area contributed by atoms with E-state index < -0.39 is 0 Å². The van der Waals surface area contributed by atoms with Crippen LogP contribution < -0.4 is 5.73 Å². The second-order valence-corrected chi connectivity index (χ2v) is 4.99. The molecule has 0 saturated heterocycles. The van der Waals surface area contributed by atoms with Crippen molar-refractivity contribution in [2.45, 2.75) is 16.8 Å². The lowest BCUT2D eigenvalue weighted by atomic mass is 10.4. The molecule has 1 aromatic carbocycles. The number of benzene rings is 1. The number of nitrogen functional groups attached to an aromatic ring is 1. The predicted octanol–water partition coefficient (Wildman–Crippen LogP) is 3.12. The van der Waals surface area contributed by atoms with Gasteiger partial charge in [-0.1, -0.05) is 29.4 Å². The molecule has 0 amide bonds. The van der Waals surface area contributed by atoms with Crippen LogP contribution in [0.5, 0.6) is 0 Å². The lowest BCUT2D eigenvalue weighted by Crippen LogP contribution is -1.93. The van der Waals surface area contributed by atoms with Gasteiger partial charge < -0.3 is 5.73 Å². The van der Waals surface area contributed by atoms with E-state index in [0.29, 0.717) is 0 Å². The van der Waals surface area contributed by atoms with E-state index in [1.165, 1.54) is 0 Å². The summed E-state index contributed by atoms with van der Waals surface area (Å²) in [5.74, 6) is 0. The third kappa shape index (κ3) is 2.18. The molecule has 0 aliphatic heterocycles. The van der Waals surface area contributed by atoms with Gasteiger partial charge in [-0.05, 0) is 25.1 Å². The Labute approximate surface area is 104 Å². The number of halogens is 1. The fourth-order valence-electron chi connectivity index (χ4n) is 1.42. The van der Waals surface area contributed by atoms with Crippen LogP contribution >= 0.6 is 23.4 Å². The molecule has 0 spiro atoms. The molecule has 84 valence electrons. The molecule has 0 aliphatic carbocycles. The first-order valence-corrected chi connectivity index (χ1v) is 6.00. The minimum Gasteiger partial charge on any atom is -0.395 e. The number of rotatable bonds is 2. The molecule has 0 unspecified atom stereocenters. The van der Waals surface area contributed by atoms with Crippen LogP contribution in [0.15, 0.2) is 34.2 Å². The Hall–Kier alpha value is -1.13. The van der Waals surface area contributed by atoms with Gasteiger partial charge in [0.05, 0.1) is 11.4 Å². The summed E-state index contributed by atoms with van der Waals surface area (Å²) < 4.78 is 1.79. The zero-order chi connectivity index (χ0) is 11.7. The van der Waals surface area contributed by atoms with Crippen molar-refractivity contribution in [3.63, 3.8) is 0 Å². The van der Waals surface area contributed by atoms with E-state index in [0.717, 1.165) is 26.3 Å². The van der Waals surface area contributed by atoms with Gasteiger partial charge in [0, 0.05) is 17.0 Å². The summed E-state index contributed by atoms with van der Waals surface area (Å²) in [6, 6.07) is 7.68. The number of nitrogens with two attached hydrogens (primary N) is 1.